The third-order valence-electron chi connectivity index (χ3n) is 2.47. The Bertz CT molecular complexity index is 282. The summed E-state index contributed by atoms with van der Waals surface area (Å²) in [5.41, 5.74) is 0. The van der Waals surface area contributed by atoms with E-state index in [9.17, 15) is 0 Å². The van der Waals surface area contributed by atoms with Gasteiger partial charge in [-0.3, -0.25) is 0 Å². The van der Waals surface area contributed by atoms with Gasteiger partial charge in [0.25, 0.3) is 0 Å². The second-order valence-corrected chi connectivity index (χ2v) is 5.22. The van der Waals surface area contributed by atoms with E-state index in [0.717, 1.165) is 10.9 Å². The lowest BCUT2D eigenvalue weighted by Gasteiger charge is -2.26. The van der Waals surface area contributed by atoms with Crippen molar-refractivity contribution in [1.29, 1.82) is 0 Å². The Balaban J connectivity index is 1.71. The monoisotopic (exact) mass is 227 g/mol. The molecule has 1 saturated heterocycles. The molecule has 0 aromatic heterocycles. The quantitative estimate of drug-likeness (QED) is 0.794. The highest BCUT2D eigenvalue weighted by Crippen LogP contribution is 2.23. The summed E-state index contributed by atoms with van der Waals surface area (Å²) >= 11 is 7.73. The van der Waals surface area contributed by atoms with E-state index < -0.39 is 0 Å². The summed E-state index contributed by atoms with van der Waals surface area (Å²) in [7, 11) is 0. The number of benzene rings is 1. The molecule has 1 fully saturated rings. The molecule has 1 aromatic rings. The van der Waals surface area contributed by atoms with Crippen LogP contribution in [0.4, 0.5) is 0 Å². The molecule has 0 atom stereocenters. The minimum atomic E-state index is 0.817. The SMILES string of the molecule is Clc1ccc(SCCC2CNC2)cc1. The fourth-order valence-electron chi connectivity index (χ4n) is 1.43. The predicted octanol–water partition coefficient (Wildman–Crippen LogP) is 3.04. The lowest BCUT2D eigenvalue weighted by atomic mass is 10.0. The van der Waals surface area contributed by atoms with Crippen LogP contribution in [0.5, 0.6) is 0 Å². The smallest absolute Gasteiger partial charge is 0.0406 e. The highest BCUT2D eigenvalue weighted by molar-refractivity contribution is 7.99. The molecule has 1 aromatic carbocycles. The van der Waals surface area contributed by atoms with Gasteiger partial charge >= 0.3 is 0 Å². The second kappa shape index (κ2) is 5.06. The Morgan fingerprint density at radius 1 is 1.29 bits per heavy atom. The van der Waals surface area contributed by atoms with E-state index in [0.29, 0.717) is 0 Å². The van der Waals surface area contributed by atoms with Crippen molar-refractivity contribution < 1.29 is 0 Å². The largest absolute Gasteiger partial charge is 0.316 e. The van der Waals surface area contributed by atoms with Crippen LogP contribution in [0.3, 0.4) is 0 Å². The van der Waals surface area contributed by atoms with Gasteiger partial charge in [0.15, 0.2) is 0 Å². The van der Waals surface area contributed by atoms with Crippen LogP contribution in [0, 0.1) is 5.92 Å². The molecule has 1 N–H and O–H groups in total. The molecule has 0 amide bonds. The van der Waals surface area contributed by atoms with Crippen molar-refractivity contribution in [1.82, 2.24) is 5.32 Å². The number of hydrogen-bond donors (Lipinski definition) is 1. The topological polar surface area (TPSA) is 12.0 Å². The summed E-state index contributed by atoms with van der Waals surface area (Å²) in [6, 6.07) is 8.08. The van der Waals surface area contributed by atoms with Crippen molar-refractivity contribution in [3.63, 3.8) is 0 Å². The molecule has 0 radical (unpaired) electrons. The highest BCUT2D eigenvalue weighted by atomic mass is 35.5. The predicted molar refractivity (Wildman–Crippen MR) is 63.2 cm³/mol. The third-order valence-corrected chi connectivity index (χ3v) is 3.77. The molecule has 76 valence electrons. The molecule has 0 aliphatic carbocycles. The van der Waals surface area contributed by atoms with Crippen LogP contribution in [0.25, 0.3) is 0 Å². The minimum Gasteiger partial charge on any atom is -0.316 e. The van der Waals surface area contributed by atoms with Crippen LogP contribution in [0.15, 0.2) is 29.2 Å². The molecule has 0 saturated carbocycles. The Kier molecular flexibility index (Phi) is 3.74. The standard InChI is InChI=1S/C11H14ClNS/c12-10-1-3-11(4-2-10)14-6-5-9-7-13-8-9/h1-4,9,13H,5-8H2. The maximum absolute atomic E-state index is 5.81. The molecule has 0 unspecified atom stereocenters. The Morgan fingerprint density at radius 3 is 2.57 bits per heavy atom. The van der Waals surface area contributed by atoms with E-state index in [1.807, 2.05) is 23.9 Å². The van der Waals surface area contributed by atoms with Crippen LogP contribution >= 0.6 is 23.4 Å². The van der Waals surface area contributed by atoms with Crippen LogP contribution in [0.1, 0.15) is 6.42 Å². The molecule has 1 nitrogen and oxygen atoms in total. The van der Waals surface area contributed by atoms with Gasteiger partial charge in [0.05, 0.1) is 0 Å². The van der Waals surface area contributed by atoms with E-state index in [1.165, 1.54) is 30.2 Å². The zero-order valence-corrected chi connectivity index (χ0v) is 9.57. The van der Waals surface area contributed by atoms with Crippen molar-refractivity contribution in [2.24, 2.45) is 5.92 Å². The Hall–Kier alpha value is -0.180. The van der Waals surface area contributed by atoms with Crippen LogP contribution in [-0.4, -0.2) is 18.8 Å². The molecule has 0 bridgehead atoms. The number of hydrogen-bond acceptors (Lipinski definition) is 2. The molecule has 3 heteroatoms. The number of halogens is 1. The van der Waals surface area contributed by atoms with E-state index in [2.05, 4.69) is 17.4 Å². The maximum Gasteiger partial charge on any atom is 0.0406 e. The fraction of sp³-hybridized carbons (Fsp3) is 0.455. The zero-order chi connectivity index (χ0) is 9.80. The van der Waals surface area contributed by atoms with Gasteiger partial charge in [0, 0.05) is 9.92 Å². The summed E-state index contributed by atoms with van der Waals surface area (Å²) in [5, 5.41) is 4.11. The first-order chi connectivity index (χ1) is 6.84. The van der Waals surface area contributed by atoms with Gasteiger partial charge in [0.1, 0.15) is 0 Å². The summed E-state index contributed by atoms with van der Waals surface area (Å²) in [4.78, 5) is 1.32. The zero-order valence-electron chi connectivity index (χ0n) is 8.00. The van der Waals surface area contributed by atoms with Crippen LogP contribution in [-0.2, 0) is 0 Å². The average Bonchev–Trinajstić information content (AvgIpc) is 2.12. The lowest BCUT2D eigenvalue weighted by Crippen LogP contribution is -2.42. The van der Waals surface area contributed by atoms with E-state index >= 15 is 0 Å². The summed E-state index contributed by atoms with van der Waals surface area (Å²) in [6.45, 7) is 2.42. The van der Waals surface area contributed by atoms with Crippen LogP contribution < -0.4 is 5.32 Å². The Morgan fingerprint density at radius 2 is 2.00 bits per heavy atom. The fourth-order valence-corrected chi connectivity index (χ4v) is 2.57. The van der Waals surface area contributed by atoms with Gasteiger partial charge in [-0.05, 0) is 55.4 Å². The van der Waals surface area contributed by atoms with E-state index in [4.69, 9.17) is 11.6 Å². The van der Waals surface area contributed by atoms with Crippen molar-refractivity contribution >= 4 is 23.4 Å². The van der Waals surface area contributed by atoms with Gasteiger partial charge in [-0.25, -0.2) is 0 Å². The van der Waals surface area contributed by atoms with Crippen LogP contribution in [0.2, 0.25) is 5.02 Å². The molecule has 1 aliphatic rings. The molecular formula is C11H14ClNS. The maximum atomic E-state index is 5.81. The van der Waals surface area contributed by atoms with Gasteiger partial charge in [-0.2, -0.15) is 0 Å². The number of rotatable bonds is 4. The number of thioether (sulfide) groups is 1. The first-order valence-corrected chi connectivity index (χ1v) is 6.30. The average molecular weight is 228 g/mol. The van der Waals surface area contributed by atoms with Crippen molar-refractivity contribution in [3.8, 4) is 0 Å². The summed E-state index contributed by atoms with van der Waals surface area (Å²) < 4.78 is 0. The highest BCUT2D eigenvalue weighted by Gasteiger charge is 2.15. The summed E-state index contributed by atoms with van der Waals surface area (Å²) in [5.74, 6) is 2.13. The first kappa shape index (κ1) is 10.3. The Labute approximate surface area is 94.2 Å². The molecule has 1 aliphatic heterocycles. The summed E-state index contributed by atoms with van der Waals surface area (Å²) in [6.07, 6.45) is 1.32. The van der Waals surface area contributed by atoms with Gasteiger partial charge in [-0.15, -0.1) is 11.8 Å². The molecule has 0 spiro atoms. The first-order valence-electron chi connectivity index (χ1n) is 4.94. The molecule has 14 heavy (non-hydrogen) atoms. The molecular weight excluding hydrogens is 214 g/mol. The van der Waals surface area contributed by atoms with E-state index in [-0.39, 0.29) is 0 Å². The normalized spacial score (nSPS) is 16.6. The van der Waals surface area contributed by atoms with Crippen molar-refractivity contribution in [2.75, 3.05) is 18.8 Å². The van der Waals surface area contributed by atoms with Gasteiger partial charge < -0.3 is 5.32 Å². The molecule has 1 heterocycles. The number of nitrogens with one attached hydrogen (secondary N) is 1. The lowest BCUT2D eigenvalue weighted by molar-refractivity contribution is 0.341. The van der Waals surface area contributed by atoms with Crippen molar-refractivity contribution in [3.05, 3.63) is 29.3 Å². The van der Waals surface area contributed by atoms with Gasteiger partial charge in [-0.1, -0.05) is 11.6 Å². The third kappa shape index (κ3) is 2.91. The molecule has 2 rings (SSSR count). The minimum absolute atomic E-state index is 0.817. The van der Waals surface area contributed by atoms with E-state index in [1.54, 1.807) is 0 Å². The van der Waals surface area contributed by atoms with Crippen molar-refractivity contribution in [2.45, 2.75) is 11.3 Å². The van der Waals surface area contributed by atoms with Gasteiger partial charge in [0.2, 0.25) is 0 Å². The second-order valence-electron chi connectivity index (χ2n) is 3.62.